The van der Waals surface area contributed by atoms with Crippen molar-refractivity contribution in [1.29, 1.82) is 0 Å². The molecule has 3 aromatic rings. The van der Waals surface area contributed by atoms with E-state index in [1.54, 1.807) is 34.6 Å². The Balaban J connectivity index is 1.85. The van der Waals surface area contributed by atoms with Gasteiger partial charge in [-0.3, -0.25) is 4.79 Å². The van der Waals surface area contributed by atoms with Crippen LogP contribution in [0, 0.1) is 6.92 Å². The summed E-state index contributed by atoms with van der Waals surface area (Å²) in [5, 5.41) is 6.65. The number of nitrogens with one attached hydrogen (secondary N) is 2. The van der Waals surface area contributed by atoms with Crippen LogP contribution in [0.25, 0.3) is 10.9 Å². The molecular formula is C24H30N4O5S. The van der Waals surface area contributed by atoms with E-state index in [9.17, 15) is 14.4 Å². The van der Waals surface area contributed by atoms with E-state index in [0.717, 1.165) is 27.8 Å². The van der Waals surface area contributed by atoms with Gasteiger partial charge in [-0.25, -0.2) is 14.6 Å². The Labute approximate surface area is 202 Å². The average Bonchev–Trinajstić information content (AvgIpc) is 3.26. The van der Waals surface area contributed by atoms with Crippen LogP contribution in [0.3, 0.4) is 0 Å². The maximum absolute atomic E-state index is 13.2. The lowest BCUT2D eigenvalue weighted by Gasteiger charge is -2.23. The summed E-state index contributed by atoms with van der Waals surface area (Å²) in [7, 11) is 1.93. The van der Waals surface area contributed by atoms with Gasteiger partial charge in [-0.2, -0.15) is 0 Å². The van der Waals surface area contributed by atoms with Crippen LogP contribution in [0.4, 0.5) is 9.93 Å². The van der Waals surface area contributed by atoms with Crippen molar-refractivity contribution < 1.29 is 23.9 Å². The van der Waals surface area contributed by atoms with Crippen LogP contribution >= 0.6 is 11.3 Å². The molecule has 10 heteroatoms. The molecule has 0 bridgehead atoms. The normalized spacial score (nSPS) is 12.3. The van der Waals surface area contributed by atoms with Crippen molar-refractivity contribution in [2.75, 3.05) is 11.9 Å². The zero-order valence-corrected chi connectivity index (χ0v) is 21.0. The van der Waals surface area contributed by atoms with Gasteiger partial charge in [0.05, 0.1) is 12.3 Å². The minimum Gasteiger partial charge on any atom is -0.462 e. The molecule has 182 valence electrons. The monoisotopic (exact) mass is 486 g/mol. The number of carbonyl (C=O) groups is 3. The SMILES string of the molecule is CCOC(=O)c1sc(NC(=O)[C@@H](Cc2cn(C)c3ccccc23)NC(=O)OC(C)(C)C)nc1C. The molecule has 0 saturated heterocycles. The highest BCUT2D eigenvalue weighted by atomic mass is 32.1. The van der Waals surface area contributed by atoms with Gasteiger partial charge >= 0.3 is 12.1 Å². The minimum absolute atomic E-state index is 0.238. The van der Waals surface area contributed by atoms with Crippen molar-refractivity contribution in [2.24, 2.45) is 7.05 Å². The number of carbonyl (C=O) groups excluding carboxylic acids is 3. The lowest BCUT2D eigenvalue weighted by atomic mass is 10.0. The highest BCUT2D eigenvalue weighted by Gasteiger charge is 2.27. The summed E-state index contributed by atoms with van der Waals surface area (Å²) in [5.41, 5.74) is 1.66. The molecule has 34 heavy (non-hydrogen) atoms. The highest BCUT2D eigenvalue weighted by Crippen LogP contribution is 2.25. The largest absolute Gasteiger partial charge is 0.462 e. The third-order valence-electron chi connectivity index (χ3n) is 4.90. The number of amides is 2. The first kappa shape index (κ1) is 25.2. The van der Waals surface area contributed by atoms with Gasteiger partial charge in [0.15, 0.2) is 5.13 Å². The van der Waals surface area contributed by atoms with Crippen LogP contribution in [-0.4, -0.2) is 45.8 Å². The van der Waals surface area contributed by atoms with E-state index >= 15 is 0 Å². The second-order valence-corrected chi connectivity index (χ2v) is 9.83. The molecule has 2 aromatic heterocycles. The van der Waals surface area contributed by atoms with Crippen LogP contribution in [0.15, 0.2) is 30.5 Å². The van der Waals surface area contributed by atoms with Gasteiger partial charge in [0.2, 0.25) is 5.91 Å². The Hall–Kier alpha value is -3.40. The fraction of sp³-hybridized carbons (Fsp3) is 0.417. The van der Waals surface area contributed by atoms with E-state index in [1.165, 1.54) is 0 Å². The summed E-state index contributed by atoms with van der Waals surface area (Å²) in [5.74, 6) is -0.958. The van der Waals surface area contributed by atoms with Gasteiger partial charge in [-0.15, -0.1) is 0 Å². The first-order valence-electron chi connectivity index (χ1n) is 11.0. The number of fused-ring (bicyclic) bond motifs is 1. The molecule has 0 aliphatic carbocycles. The lowest BCUT2D eigenvalue weighted by Crippen LogP contribution is -2.47. The zero-order valence-electron chi connectivity index (χ0n) is 20.2. The molecular weight excluding hydrogens is 456 g/mol. The Morgan fingerprint density at radius 3 is 2.59 bits per heavy atom. The fourth-order valence-corrected chi connectivity index (χ4v) is 4.36. The molecule has 1 aromatic carbocycles. The molecule has 0 unspecified atom stereocenters. The first-order valence-corrected chi connectivity index (χ1v) is 11.8. The van der Waals surface area contributed by atoms with Crippen molar-refractivity contribution in [2.45, 2.75) is 52.7 Å². The van der Waals surface area contributed by atoms with E-state index in [-0.39, 0.29) is 18.2 Å². The second-order valence-electron chi connectivity index (χ2n) is 8.83. The smallest absolute Gasteiger partial charge is 0.408 e. The number of aromatic nitrogens is 2. The van der Waals surface area contributed by atoms with Gasteiger partial charge in [0, 0.05) is 30.6 Å². The Morgan fingerprint density at radius 1 is 1.21 bits per heavy atom. The molecule has 0 saturated carbocycles. The number of benzene rings is 1. The summed E-state index contributed by atoms with van der Waals surface area (Å²) in [4.78, 5) is 42.5. The lowest BCUT2D eigenvalue weighted by molar-refractivity contribution is -0.118. The number of hydrogen-bond donors (Lipinski definition) is 2. The predicted octanol–water partition coefficient (Wildman–Crippen LogP) is 4.19. The molecule has 2 amide bonds. The summed E-state index contributed by atoms with van der Waals surface area (Å²) in [6.45, 7) is 8.89. The molecule has 0 fully saturated rings. The Kier molecular flexibility index (Phi) is 7.61. The average molecular weight is 487 g/mol. The maximum Gasteiger partial charge on any atom is 0.408 e. The quantitative estimate of drug-likeness (QED) is 0.484. The van der Waals surface area contributed by atoms with Crippen LogP contribution < -0.4 is 10.6 Å². The van der Waals surface area contributed by atoms with Crippen molar-refractivity contribution in [3.8, 4) is 0 Å². The minimum atomic E-state index is -0.934. The number of alkyl carbamates (subject to hydrolysis) is 1. The zero-order chi connectivity index (χ0) is 25.0. The Bertz CT molecular complexity index is 1210. The van der Waals surface area contributed by atoms with E-state index < -0.39 is 29.6 Å². The van der Waals surface area contributed by atoms with Gasteiger partial charge in [0.25, 0.3) is 0 Å². The van der Waals surface area contributed by atoms with Gasteiger partial charge in [-0.05, 0) is 46.2 Å². The van der Waals surface area contributed by atoms with E-state index in [1.807, 2.05) is 42.1 Å². The van der Waals surface area contributed by atoms with Crippen LogP contribution in [-0.2, 0) is 27.7 Å². The standard InChI is InChI=1S/C24H30N4O5S/c1-7-32-21(30)19-14(2)25-22(34-19)27-20(29)17(26-23(31)33-24(3,4)5)12-15-13-28(6)18-11-9-8-10-16(15)18/h8-11,13,17H,7,12H2,1-6H3,(H,26,31)(H,25,27,29)/t17-/m1/s1. The number of ether oxygens (including phenoxy) is 2. The van der Waals surface area contributed by atoms with Crippen molar-refractivity contribution in [3.05, 3.63) is 46.6 Å². The number of aryl methyl sites for hydroxylation is 2. The topological polar surface area (TPSA) is 112 Å². The number of thiazole rings is 1. The molecule has 0 spiro atoms. The second kappa shape index (κ2) is 10.3. The number of rotatable bonds is 7. The third kappa shape index (κ3) is 6.13. The summed E-state index contributed by atoms with van der Waals surface area (Å²) < 4.78 is 12.4. The Morgan fingerprint density at radius 2 is 1.91 bits per heavy atom. The summed E-state index contributed by atoms with van der Waals surface area (Å²) in [6.07, 6.45) is 1.48. The third-order valence-corrected chi connectivity index (χ3v) is 5.95. The molecule has 0 aliphatic heterocycles. The van der Waals surface area contributed by atoms with Crippen LogP contribution in [0.2, 0.25) is 0 Å². The van der Waals surface area contributed by atoms with Gasteiger partial charge < -0.3 is 24.7 Å². The van der Waals surface area contributed by atoms with Crippen molar-refractivity contribution in [1.82, 2.24) is 14.9 Å². The highest BCUT2D eigenvalue weighted by molar-refractivity contribution is 7.17. The molecule has 9 nitrogen and oxygen atoms in total. The van der Waals surface area contributed by atoms with Crippen molar-refractivity contribution >= 4 is 45.3 Å². The number of hydrogen-bond acceptors (Lipinski definition) is 7. The number of esters is 1. The van der Waals surface area contributed by atoms with E-state index in [4.69, 9.17) is 9.47 Å². The fourth-order valence-electron chi connectivity index (χ4n) is 3.50. The predicted molar refractivity (Wildman–Crippen MR) is 131 cm³/mol. The molecule has 2 heterocycles. The summed E-state index contributed by atoms with van der Waals surface area (Å²) >= 11 is 1.03. The molecule has 1 atom stereocenters. The first-order chi connectivity index (χ1) is 16.0. The number of nitrogens with zero attached hydrogens (tertiary/aromatic N) is 2. The van der Waals surface area contributed by atoms with Crippen LogP contribution in [0.5, 0.6) is 0 Å². The molecule has 3 rings (SSSR count). The van der Waals surface area contributed by atoms with Crippen molar-refractivity contribution in [3.63, 3.8) is 0 Å². The van der Waals surface area contributed by atoms with E-state index in [2.05, 4.69) is 15.6 Å². The number of para-hydroxylation sites is 1. The van der Waals surface area contributed by atoms with E-state index in [0.29, 0.717) is 10.6 Å². The van der Waals surface area contributed by atoms with Gasteiger partial charge in [0.1, 0.15) is 16.5 Å². The maximum atomic E-state index is 13.2. The molecule has 0 aliphatic rings. The van der Waals surface area contributed by atoms with Crippen LogP contribution in [0.1, 0.15) is 48.6 Å². The number of anilines is 1. The van der Waals surface area contributed by atoms with Gasteiger partial charge in [-0.1, -0.05) is 29.5 Å². The summed E-state index contributed by atoms with van der Waals surface area (Å²) in [6, 6.07) is 6.90. The molecule has 2 N–H and O–H groups in total. The molecule has 0 radical (unpaired) electrons.